The summed E-state index contributed by atoms with van der Waals surface area (Å²) in [5.41, 5.74) is 2.40. The third-order valence-electron chi connectivity index (χ3n) is 5.35. The molecule has 1 aliphatic rings. The lowest BCUT2D eigenvalue weighted by Crippen LogP contribution is -2.30. The van der Waals surface area contributed by atoms with Crippen LogP contribution in [0.15, 0.2) is 48.0 Å². The summed E-state index contributed by atoms with van der Waals surface area (Å²) in [7, 11) is 1.47. The number of rotatable bonds is 6. The van der Waals surface area contributed by atoms with Crippen LogP contribution in [0.1, 0.15) is 55.8 Å². The molecule has 0 aliphatic carbocycles. The molecule has 1 aliphatic heterocycles. The molecule has 0 bridgehead atoms. The van der Waals surface area contributed by atoms with Crippen molar-refractivity contribution in [2.24, 2.45) is 0 Å². The van der Waals surface area contributed by atoms with Crippen molar-refractivity contribution in [2.45, 2.75) is 39.2 Å². The van der Waals surface area contributed by atoms with Crippen LogP contribution in [0.3, 0.4) is 0 Å². The van der Waals surface area contributed by atoms with Gasteiger partial charge in [0, 0.05) is 12.1 Å². The Labute approximate surface area is 181 Å². The van der Waals surface area contributed by atoms with Crippen molar-refractivity contribution in [3.63, 3.8) is 0 Å². The van der Waals surface area contributed by atoms with Gasteiger partial charge in [0.1, 0.15) is 11.5 Å². The summed E-state index contributed by atoms with van der Waals surface area (Å²) in [4.78, 5) is 27.2. The zero-order valence-corrected chi connectivity index (χ0v) is 18.4. The SMILES string of the molecule is CCCN1C(=O)C(=O)/C(=C(\O)c2ccc(Cl)c(OC)c2)C1c1ccc(C(C)C)cc1. The molecule has 1 amide bonds. The van der Waals surface area contributed by atoms with Crippen LogP contribution >= 0.6 is 11.6 Å². The normalized spacial score (nSPS) is 18.3. The van der Waals surface area contributed by atoms with Gasteiger partial charge in [-0.3, -0.25) is 9.59 Å². The van der Waals surface area contributed by atoms with E-state index in [9.17, 15) is 14.7 Å². The Kier molecular flexibility index (Phi) is 6.52. The van der Waals surface area contributed by atoms with E-state index in [1.54, 1.807) is 18.2 Å². The van der Waals surface area contributed by atoms with Crippen molar-refractivity contribution in [3.8, 4) is 5.75 Å². The first-order valence-corrected chi connectivity index (χ1v) is 10.4. The minimum absolute atomic E-state index is 0.0788. The van der Waals surface area contributed by atoms with Gasteiger partial charge >= 0.3 is 0 Å². The van der Waals surface area contributed by atoms with Gasteiger partial charge in [-0.15, -0.1) is 0 Å². The highest BCUT2D eigenvalue weighted by atomic mass is 35.5. The van der Waals surface area contributed by atoms with Crippen molar-refractivity contribution in [1.82, 2.24) is 4.90 Å². The lowest BCUT2D eigenvalue weighted by Gasteiger charge is -2.25. The maximum absolute atomic E-state index is 12.9. The average Bonchev–Trinajstić information content (AvgIpc) is 2.99. The predicted molar refractivity (Wildman–Crippen MR) is 118 cm³/mol. The summed E-state index contributed by atoms with van der Waals surface area (Å²) >= 11 is 6.09. The van der Waals surface area contributed by atoms with Crippen molar-refractivity contribution >= 4 is 29.1 Å². The number of ketones is 1. The summed E-state index contributed by atoms with van der Waals surface area (Å²) < 4.78 is 5.23. The van der Waals surface area contributed by atoms with E-state index in [1.807, 2.05) is 31.2 Å². The van der Waals surface area contributed by atoms with E-state index in [0.29, 0.717) is 35.2 Å². The number of Topliss-reactive ketones (excluding diaryl/α,β-unsaturated/α-hetero) is 1. The third-order valence-corrected chi connectivity index (χ3v) is 5.66. The molecule has 1 heterocycles. The Morgan fingerprint density at radius 2 is 1.83 bits per heavy atom. The van der Waals surface area contributed by atoms with Crippen molar-refractivity contribution < 1.29 is 19.4 Å². The first kappa shape index (κ1) is 21.9. The molecule has 1 saturated heterocycles. The molecule has 1 fully saturated rings. The highest BCUT2D eigenvalue weighted by Crippen LogP contribution is 2.40. The van der Waals surface area contributed by atoms with Crippen LogP contribution in [0.25, 0.3) is 5.76 Å². The number of ether oxygens (including phenoxy) is 1. The van der Waals surface area contributed by atoms with Gasteiger partial charge in [-0.1, -0.05) is 56.6 Å². The van der Waals surface area contributed by atoms with E-state index >= 15 is 0 Å². The van der Waals surface area contributed by atoms with Crippen molar-refractivity contribution in [2.75, 3.05) is 13.7 Å². The lowest BCUT2D eigenvalue weighted by molar-refractivity contribution is -0.139. The summed E-state index contributed by atoms with van der Waals surface area (Å²) in [6, 6.07) is 11.9. The predicted octanol–water partition coefficient (Wildman–Crippen LogP) is 5.30. The number of halogens is 1. The molecule has 0 saturated carbocycles. The Morgan fingerprint density at radius 1 is 1.17 bits per heavy atom. The summed E-state index contributed by atoms with van der Waals surface area (Å²) in [5, 5.41) is 11.5. The van der Waals surface area contributed by atoms with Crippen LogP contribution in [0.4, 0.5) is 0 Å². The molecule has 2 aromatic rings. The summed E-state index contributed by atoms with van der Waals surface area (Å²) in [6.07, 6.45) is 0.697. The van der Waals surface area contributed by atoms with Crippen molar-refractivity contribution in [1.29, 1.82) is 0 Å². The molecule has 6 heteroatoms. The molecule has 0 radical (unpaired) electrons. The van der Waals surface area contributed by atoms with Crippen LogP contribution < -0.4 is 4.74 Å². The standard InChI is InChI=1S/C24H26ClNO4/c1-5-12-26-21(16-8-6-15(7-9-16)14(2)3)20(23(28)24(26)29)22(27)17-10-11-18(25)19(13-17)30-4/h6-11,13-14,21,27H,5,12H2,1-4H3/b22-20-. The van der Waals surface area contributed by atoms with Crippen molar-refractivity contribution in [3.05, 3.63) is 69.8 Å². The van der Waals surface area contributed by atoms with Gasteiger partial charge < -0.3 is 14.7 Å². The zero-order valence-electron chi connectivity index (χ0n) is 17.6. The molecule has 3 rings (SSSR count). The topological polar surface area (TPSA) is 66.8 Å². The Morgan fingerprint density at radius 3 is 2.40 bits per heavy atom. The second kappa shape index (κ2) is 8.92. The number of carbonyl (C=O) groups is 2. The smallest absolute Gasteiger partial charge is 0.295 e. The fourth-order valence-electron chi connectivity index (χ4n) is 3.72. The monoisotopic (exact) mass is 427 g/mol. The molecule has 5 nitrogen and oxygen atoms in total. The Balaban J connectivity index is 2.17. The molecule has 30 heavy (non-hydrogen) atoms. The van der Waals surface area contributed by atoms with Gasteiger partial charge in [0.25, 0.3) is 11.7 Å². The van der Waals surface area contributed by atoms with Gasteiger partial charge in [0.15, 0.2) is 0 Å². The Hall–Kier alpha value is -2.79. The number of nitrogens with zero attached hydrogens (tertiary/aromatic N) is 1. The van der Waals surface area contributed by atoms with Gasteiger partial charge in [-0.25, -0.2) is 0 Å². The zero-order chi connectivity index (χ0) is 22.0. The number of hydrogen-bond donors (Lipinski definition) is 1. The van der Waals surface area contributed by atoms with Gasteiger partial charge in [0.2, 0.25) is 0 Å². The molecule has 2 aromatic carbocycles. The lowest BCUT2D eigenvalue weighted by atomic mass is 9.93. The molecule has 1 unspecified atom stereocenters. The molecule has 1 atom stereocenters. The minimum Gasteiger partial charge on any atom is -0.507 e. The van der Waals surface area contributed by atoms with Crippen LogP contribution in [0, 0.1) is 0 Å². The number of amides is 1. The highest BCUT2D eigenvalue weighted by molar-refractivity contribution is 6.46. The van der Waals surface area contributed by atoms with Crippen LogP contribution in [-0.4, -0.2) is 35.4 Å². The fraction of sp³-hybridized carbons (Fsp3) is 0.333. The number of aliphatic hydroxyl groups excluding tert-OH is 1. The first-order valence-electron chi connectivity index (χ1n) is 10.0. The fourth-order valence-corrected chi connectivity index (χ4v) is 3.92. The number of benzene rings is 2. The van der Waals surface area contributed by atoms with Crippen LogP contribution in [-0.2, 0) is 9.59 Å². The summed E-state index contributed by atoms with van der Waals surface area (Å²) in [6.45, 7) is 6.57. The van der Waals surface area contributed by atoms with E-state index in [4.69, 9.17) is 16.3 Å². The van der Waals surface area contributed by atoms with E-state index in [1.165, 1.54) is 12.0 Å². The molecule has 0 spiro atoms. The first-order chi connectivity index (χ1) is 14.3. The largest absolute Gasteiger partial charge is 0.507 e. The summed E-state index contributed by atoms with van der Waals surface area (Å²) in [5.74, 6) is -0.783. The number of carbonyl (C=O) groups excluding carboxylic acids is 2. The molecule has 1 N–H and O–H groups in total. The van der Waals surface area contributed by atoms with E-state index < -0.39 is 17.7 Å². The third kappa shape index (κ3) is 3.94. The second-order valence-electron chi connectivity index (χ2n) is 7.66. The molecular weight excluding hydrogens is 402 g/mol. The van der Waals surface area contributed by atoms with E-state index in [0.717, 1.165) is 11.1 Å². The minimum atomic E-state index is -0.687. The number of likely N-dealkylation sites (tertiary alicyclic amines) is 1. The second-order valence-corrected chi connectivity index (χ2v) is 8.07. The van der Waals surface area contributed by atoms with Crippen LogP contribution in [0.5, 0.6) is 5.75 Å². The Bertz CT molecular complexity index is 995. The number of methoxy groups -OCH3 is 1. The van der Waals surface area contributed by atoms with Crippen LogP contribution in [0.2, 0.25) is 5.02 Å². The van der Waals surface area contributed by atoms with E-state index in [2.05, 4.69) is 13.8 Å². The maximum atomic E-state index is 12.9. The number of hydrogen-bond acceptors (Lipinski definition) is 4. The molecular formula is C24H26ClNO4. The van der Waals surface area contributed by atoms with E-state index in [-0.39, 0.29) is 11.3 Å². The quantitative estimate of drug-likeness (QED) is 0.385. The molecule has 0 aromatic heterocycles. The highest BCUT2D eigenvalue weighted by Gasteiger charge is 2.45. The molecule has 158 valence electrons. The number of aliphatic hydroxyl groups is 1. The van der Waals surface area contributed by atoms with Gasteiger partial charge in [-0.2, -0.15) is 0 Å². The van der Waals surface area contributed by atoms with Gasteiger partial charge in [-0.05, 0) is 41.7 Å². The van der Waals surface area contributed by atoms with Gasteiger partial charge in [0.05, 0.1) is 23.7 Å². The maximum Gasteiger partial charge on any atom is 0.295 e. The average molecular weight is 428 g/mol.